The molecule has 2 amide bonds. The molecule has 2 aliphatic heterocycles. The van der Waals surface area contributed by atoms with Crippen molar-refractivity contribution in [1.29, 1.82) is 0 Å². The summed E-state index contributed by atoms with van der Waals surface area (Å²) in [6.45, 7) is 5.06. The van der Waals surface area contributed by atoms with Crippen LogP contribution in [0.4, 0.5) is 0 Å². The van der Waals surface area contributed by atoms with Crippen LogP contribution >= 0.6 is 24.0 Å². The maximum absolute atomic E-state index is 12.7. The van der Waals surface area contributed by atoms with Crippen LogP contribution in [0.25, 0.3) is 6.08 Å². The molecule has 0 aliphatic carbocycles. The van der Waals surface area contributed by atoms with Crippen LogP contribution in [-0.4, -0.2) is 58.9 Å². The van der Waals surface area contributed by atoms with Crippen molar-refractivity contribution in [2.45, 2.75) is 19.8 Å². The molecule has 3 rings (SSSR count). The first-order valence-corrected chi connectivity index (χ1v) is 10.9. The fourth-order valence-corrected chi connectivity index (χ4v) is 4.42. The van der Waals surface area contributed by atoms with Gasteiger partial charge in [-0.15, -0.1) is 0 Å². The van der Waals surface area contributed by atoms with Crippen LogP contribution in [0.15, 0.2) is 46.9 Å². The molecule has 1 N–H and O–H groups in total. The summed E-state index contributed by atoms with van der Waals surface area (Å²) in [5, 5.41) is 1.87. The highest BCUT2D eigenvalue weighted by Gasteiger charge is 2.31. The molecule has 2 heterocycles. The Morgan fingerprint density at radius 1 is 1.28 bits per heavy atom. The van der Waals surface area contributed by atoms with Gasteiger partial charge in [-0.25, -0.2) is 5.01 Å². The second-order valence-corrected chi connectivity index (χ2v) is 8.55. The zero-order valence-corrected chi connectivity index (χ0v) is 18.1. The van der Waals surface area contributed by atoms with Crippen LogP contribution in [0.2, 0.25) is 0 Å². The third-order valence-electron chi connectivity index (χ3n) is 4.51. The van der Waals surface area contributed by atoms with Gasteiger partial charge in [0, 0.05) is 26.1 Å². The molecule has 0 radical (unpaired) electrons. The molecule has 29 heavy (non-hydrogen) atoms. The highest BCUT2D eigenvalue weighted by molar-refractivity contribution is 8.26. The van der Waals surface area contributed by atoms with Gasteiger partial charge in [-0.2, -0.15) is 0 Å². The van der Waals surface area contributed by atoms with Crippen molar-refractivity contribution < 1.29 is 14.3 Å². The van der Waals surface area contributed by atoms with Crippen LogP contribution in [0, 0.1) is 0 Å². The van der Waals surface area contributed by atoms with Gasteiger partial charge in [0.1, 0.15) is 4.32 Å². The number of morpholine rings is 1. The molecule has 8 heteroatoms. The molecule has 0 aromatic heterocycles. The molecule has 154 valence electrons. The minimum Gasteiger partial charge on any atom is -0.379 e. The Hall–Kier alpha value is -2.00. The number of nitrogens with one attached hydrogen (secondary N) is 1. The molecule has 2 fully saturated rings. The lowest BCUT2D eigenvalue weighted by Gasteiger charge is -2.27. The molecule has 0 bridgehead atoms. The number of allylic oxidation sites excluding steroid dienone is 2. The second-order valence-electron chi connectivity index (χ2n) is 6.87. The molecule has 2 saturated heterocycles. The van der Waals surface area contributed by atoms with E-state index in [1.165, 1.54) is 11.8 Å². The van der Waals surface area contributed by atoms with Crippen LogP contribution in [0.5, 0.6) is 0 Å². The van der Waals surface area contributed by atoms with E-state index >= 15 is 0 Å². The van der Waals surface area contributed by atoms with Crippen molar-refractivity contribution in [3.05, 3.63) is 52.4 Å². The van der Waals surface area contributed by atoms with Crippen LogP contribution in [0.3, 0.4) is 0 Å². The van der Waals surface area contributed by atoms with Gasteiger partial charge >= 0.3 is 0 Å². The lowest BCUT2D eigenvalue weighted by atomic mass is 10.1. The third kappa shape index (κ3) is 6.50. The number of benzene rings is 1. The third-order valence-corrected chi connectivity index (χ3v) is 5.88. The van der Waals surface area contributed by atoms with Crippen LogP contribution in [0.1, 0.15) is 25.3 Å². The maximum atomic E-state index is 12.7. The van der Waals surface area contributed by atoms with Crippen molar-refractivity contribution in [1.82, 2.24) is 15.3 Å². The zero-order valence-electron chi connectivity index (χ0n) is 16.4. The average Bonchev–Trinajstić information content (AvgIpc) is 2.96. The average molecular weight is 432 g/mol. The largest absolute Gasteiger partial charge is 0.379 e. The van der Waals surface area contributed by atoms with Crippen LogP contribution in [-0.2, 0) is 14.3 Å². The van der Waals surface area contributed by atoms with E-state index < -0.39 is 0 Å². The molecule has 1 aromatic rings. The number of nitrogens with zero attached hydrogens (tertiary/aromatic N) is 2. The van der Waals surface area contributed by atoms with E-state index in [1.807, 2.05) is 54.4 Å². The van der Waals surface area contributed by atoms with Crippen molar-refractivity contribution in [2.24, 2.45) is 0 Å². The Bertz CT molecular complexity index is 818. The number of thiocarbonyl (C=S) groups is 1. The van der Waals surface area contributed by atoms with Gasteiger partial charge in [0.2, 0.25) is 5.91 Å². The van der Waals surface area contributed by atoms with Crippen LogP contribution < -0.4 is 5.43 Å². The van der Waals surface area contributed by atoms with E-state index in [0.717, 1.165) is 11.1 Å². The SMILES string of the molecule is CC(/C=C1\SC(=S)N(CCCC(=O)NN2CCOCC2)C1=O)=C\c1ccccc1. The van der Waals surface area contributed by atoms with Crippen molar-refractivity contribution in [2.75, 3.05) is 32.8 Å². The quantitative estimate of drug-likeness (QED) is 0.529. The predicted octanol–water partition coefficient (Wildman–Crippen LogP) is 2.98. The molecular formula is C21H25N3O3S2. The van der Waals surface area contributed by atoms with Gasteiger partial charge in [0.05, 0.1) is 18.1 Å². The smallest absolute Gasteiger partial charge is 0.266 e. The van der Waals surface area contributed by atoms with Crippen molar-refractivity contribution >= 4 is 46.2 Å². The monoisotopic (exact) mass is 431 g/mol. The first-order valence-electron chi connectivity index (χ1n) is 9.64. The van der Waals surface area contributed by atoms with Crippen molar-refractivity contribution in [3.8, 4) is 0 Å². The summed E-state index contributed by atoms with van der Waals surface area (Å²) in [5.41, 5.74) is 4.95. The minimum absolute atomic E-state index is 0.0467. The van der Waals surface area contributed by atoms with Gasteiger partial charge in [-0.3, -0.25) is 19.9 Å². The first-order chi connectivity index (χ1) is 14.0. The Balaban J connectivity index is 1.49. The predicted molar refractivity (Wildman–Crippen MR) is 120 cm³/mol. The van der Waals surface area contributed by atoms with E-state index in [9.17, 15) is 9.59 Å². The molecular weight excluding hydrogens is 406 g/mol. The second kappa shape index (κ2) is 10.7. The van der Waals surface area contributed by atoms with E-state index in [4.69, 9.17) is 17.0 Å². The summed E-state index contributed by atoms with van der Waals surface area (Å²) in [7, 11) is 0. The Morgan fingerprint density at radius 2 is 2.00 bits per heavy atom. The zero-order chi connectivity index (χ0) is 20.6. The molecule has 0 unspecified atom stereocenters. The topological polar surface area (TPSA) is 61.9 Å². The van der Waals surface area contributed by atoms with Gasteiger partial charge in [-0.05, 0) is 30.6 Å². The lowest BCUT2D eigenvalue weighted by Crippen LogP contribution is -2.48. The molecule has 1 aromatic carbocycles. The number of amides is 2. The van der Waals surface area contributed by atoms with Gasteiger partial charge in [-0.1, -0.05) is 60.4 Å². The molecule has 2 aliphatic rings. The number of carbonyl (C=O) groups is 2. The van der Waals surface area contributed by atoms with Gasteiger partial charge in [0.15, 0.2) is 0 Å². The number of ether oxygens (including phenoxy) is 1. The number of hydrogen-bond donors (Lipinski definition) is 1. The Labute approximate surface area is 180 Å². The summed E-state index contributed by atoms with van der Waals surface area (Å²) in [4.78, 5) is 27.0. The summed E-state index contributed by atoms with van der Waals surface area (Å²) >= 11 is 6.69. The fraction of sp³-hybridized carbons (Fsp3) is 0.381. The number of hydrogen-bond acceptors (Lipinski definition) is 6. The number of carbonyl (C=O) groups excluding carboxylic acids is 2. The highest BCUT2D eigenvalue weighted by Crippen LogP contribution is 2.32. The van der Waals surface area contributed by atoms with E-state index in [1.54, 1.807) is 4.90 Å². The molecule has 6 nitrogen and oxygen atoms in total. The molecule has 0 atom stereocenters. The van der Waals surface area contributed by atoms with E-state index in [2.05, 4.69) is 5.43 Å². The fourth-order valence-electron chi connectivity index (χ4n) is 3.06. The standard InChI is InChI=1S/C21H25N3O3S2/c1-16(14-17-6-3-2-4-7-17)15-18-20(26)24(21(28)29-18)9-5-8-19(25)22-23-10-12-27-13-11-23/h2-4,6-7,14-15H,5,8-13H2,1H3,(H,22,25)/b16-14+,18-15-. The normalized spacial score (nSPS) is 19.8. The molecule has 0 spiro atoms. The molecule has 0 saturated carbocycles. The number of thioether (sulfide) groups is 1. The van der Waals surface area contributed by atoms with E-state index in [-0.39, 0.29) is 11.8 Å². The Morgan fingerprint density at radius 3 is 2.72 bits per heavy atom. The van der Waals surface area contributed by atoms with Gasteiger partial charge in [0.25, 0.3) is 5.91 Å². The lowest BCUT2D eigenvalue weighted by molar-refractivity contribution is -0.128. The maximum Gasteiger partial charge on any atom is 0.266 e. The summed E-state index contributed by atoms with van der Waals surface area (Å²) in [6.07, 6.45) is 4.81. The first kappa shape index (κ1) is 21.7. The number of hydrazine groups is 1. The van der Waals surface area contributed by atoms with Gasteiger partial charge < -0.3 is 4.74 Å². The summed E-state index contributed by atoms with van der Waals surface area (Å²) in [6, 6.07) is 9.97. The number of rotatable bonds is 7. The highest BCUT2D eigenvalue weighted by atomic mass is 32.2. The minimum atomic E-state index is -0.0885. The summed E-state index contributed by atoms with van der Waals surface area (Å²) in [5.74, 6) is -0.135. The summed E-state index contributed by atoms with van der Waals surface area (Å²) < 4.78 is 5.80. The van der Waals surface area contributed by atoms with Crippen molar-refractivity contribution in [3.63, 3.8) is 0 Å². The van der Waals surface area contributed by atoms with E-state index in [0.29, 0.717) is 54.9 Å². The Kier molecular flexibility index (Phi) is 8.00.